The van der Waals surface area contributed by atoms with Gasteiger partial charge >= 0.3 is 0 Å². The standard InChI is InChI=1S/Au.4La. The van der Waals surface area contributed by atoms with Crippen LogP contribution < -0.4 is 0 Å². The molecule has 0 aliphatic rings. The van der Waals surface area contributed by atoms with E-state index in [4.69, 9.17) is 0 Å². The summed E-state index contributed by atoms with van der Waals surface area (Å²) in [4.78, 5) is 0. The van der Waals surface area contributed by atoms with Gasteiger partial charge in [0.2, 0.25) is 0 Å². The van der Waals surface area contributed by atoms with Gasteiger partial charge in [0.1, 0.15) is 0 Å². The van der Waals surface area contributed by atoms with Crippen molar-refractivity contribution in [3.8, 4) is 0 Å². The van der Waals surface area contributed by atoms with Crippen LogP contribution in [0.2, 0.25) is 0 Å². The van der Waals surface area contributed by atoms with Gasteiger partial charge in [-0.1, -0.05) is 0 Å². The van der Waals surface area contributed by atoms with Gasteiger partial charge < -0.3 is 0 Å². The molecule has 0 amide bonds. The van der Waals surface area contributed by atoms with Crippen molar-refractivity contribution in [2.45, 2.75) is 0 Å². The van der Waals surface area contributed by atoms with Crippen molar-refractivity contribution in [1.29, 1.82) is 0 Å². The fourth-order valence-corrected chi connectivity index (χ4v) is 0. The van der Waals surface area contributed by atoms with Gasteiger partial charge in [0, 0.05) is 165 Å². The largest absolute Gasteiger partial charge is 0 e. The van der Waals surface area contributed by atoms with Crippen molar-refractivity contribution in [3.05, 3.63) is 0 Å². The Labute approximate surface area is 159 Å². The predicted octanol–water partition coefficient (Wildman–Crippen LogP) is -0.00250. The van der Waals surface area contributed by atoms with E-state index in [1.165, 1.54) is 0 Å². The van der Waals surface area contributed by atoms with E-state index in [2.05, 4.69) is 0 Å². The average Bonchev–Trinajstić information content (AvgIpc) is 0. The van der Waals surface area contributed by atoms with Gasteiger partial charge in [-0.05, 0) is 0 Å². The molecule has 23 valence electrons. The van der Waals surface area contributed by atoms with E-state index in [9.17, 15) is 0 Å². The van der Waals surface area contributed by atoms with E-state index in [1.54, 1.807) is 0 Å². The zero-order valence-electron chi connectivity index (χ0n) is 2.61. The molecule has 0 spiro atoms. The van der Waals surface area contributed by atoms with Crippen molar-refractivity contribution < 1.29 is 165 Å². The molecule has 0 saturated carbocycles. The van der Waals surface area contributed by atoms with Crippen molar-refractivity contribution in [1.82, 2.24) is 0 Å². The molecule has 0 unspecified atom stereocenters. The first-order chi connectivity index (χ1) is 0. The molecule has 5 radical (unpaired) electrons. The zero-order valence-corrected chi connectivity index (χ0v) is 19.3. The number of hydrogen-bond donors (Lipinski definition) is 0. The number of rotatable bonds is 0. The SMILES string of the molecule is [Au].[La].[La].[La].[La]. The summed E-state index contributed by atoms with van der Waals surface area (Å²) in [5, 5.41) is 0. The molecule has 0 aromatic rings. The Bertz CT molecular complexity index is 3.61. The molecule has 0 aliphatic carbocycles. The number of hydrogen-bond acceptors (Lipinski definition) is 0. The first-order valence-corrected chi connectivity index (χ1v) is 0. The summed E-state index contributed by atoms with van der Waals surface area (Å²) in [5.41, 5.74) is 0. The van der Waals surface area contributed by atoms with Crippen molar-refractivity contribution >= 4 is 0 Å². The van der Waals surface area contributed by atoms with E-state index in [1.807, 2.05) is 0 Å². The second-order valence-corrected chi connectivity index (χ2v) is 0. The Hall–Kier alpha value is 5.52. The molecule has 0 fully saturated rings. The summed E-state index contributed by atoms with van der Waals surface area (Å²) in [6.45, 7) is 0. The van der Waals surface area contributed by atoms with Gasteiger partial charge in [0.15, 0.2) is 0 Å². The quantitative estimate of drug-likeness (QED) is 0.306. The maximum absolute atomic E-state index is 0. The van der Waals surface area contributed by atoms with Crippen LogP contribution in [-0.2, 0) is 22.4 Å². The molecule has 5 heteroatoms. The normalized spacial score (nSPS) is 0. The average molecular weight is 753 g/mol. The third kappa shape index (κ3) is 17.7. The van der Waals surface area contributed by atoms with E-state index in [0.29, 0.717) is 0 Å². The third-order valence-electron chi connectivity index (χ3n) is 0. The summed E-state index contributed by atoms with van der Waals surface area (Å²) < 4.78 is 0. The van der Waals surface area contributed by atoms with Gasteiger partial charge in [-0.25, -0.2) is 0 Å². The zero-order chi connectivity index (χ0) is 0. The molecule has 0 rings (SSSR count). The molecule has 0 bridgehead atoms. The first-order valence-electron chi connectivity index (χ1n) is 0. The molecule has 0 nitrogen and oxygen atoms in total. The summed E-state index contributed by atoms with van der Waals surface area (Å²) in [6, 6.07) is 0. The molecule has 0 atom stereocenters. The molecule has 0 N–H and O–H groups in total. The van der Waals surface area contributed by atoms with Crippen molar-refractivity contribution in [3.63, 3.8) is 0 Å². The molecule has 0 saturated heterocycles. The minimum Gasteiger partial charge on any atom is 0 e. The van der Waals surface area contributed by atoms with Gasteiger partial charge in [0.25, 0.3) is 0 Å². The topological polar surface area (TPSA) is 0 Å². The summed E-state index contributed by atoms with van der Waals surface area (Å²) in [5.74, 6) is 0. The smallest absolute Gasteiger partial charge is 0 e. The second-order valence-electron chi connectivity index (χ2n) is 0. The fraction of sp³-hybridized carbons (Fsp3) is 0. The van der Waals surface area contributed by atoms with Crippen LogP contribution in [0.4, 0.5) is 0 Å². The molecule has 0 aliphatic heterocycles. The fourth-order valence-electron chi connectivity index (χ4n) is 0. The van der Waals surface area contributed by atoms with Crippen molar-refractivity contribution in [2.24, 2.45) is 0 Å². The van der Waals surface area contributed by atoms with Gasteiger partial charge in [0.05, 0.1) is 0 Å². The van der Waals surface area contributed by atoms with Crippen molar-refractivity contribution in [2.75, 3.05) is 0 Å². The molecule has 0 heterocycles. The predicted molar refractivity (Wildman–Crippen MR) is 0 cm³/mol. The Morgan fingerprint density at radius 3 is 0.400 bits per heavy atom. The Balaban J connectivity index is 0. The minimum absolute atomic E-state index is 0. The van der Waals surface area contributed by atoms with Gasteiger partial charge in [-0.2, -0.15) is 0 Å². The Kier molecular flexibility index (Phi) is 142. The van der Waals surface area contributed by atoms with Crippen LogP contribution in [0.25, 0.3) is 0 Å². The minimum atomic E-state index is 0. The van der Waals surface area contributed by atoms with E-state index < -0.39 is 0 Å². The summed E-state index contributed by atoms with van der Waals surface area (Å²) in [7, 11) is 0. The van der Waals surface area contributed by atoms with Gasteiger partial charge in [-0.3, -0.25) is 0 Å². The van der Waals surface area contributed by atoms with E-state index in [0.717, 1.165) is 0 Å². The van der Waals surface area contributed by atoms with E-state index >= 15 is 0 Å². The Morgan fingerprint density at radius 1 is 0.400 bits per heavy atom. The third-order valence-corrected chi connectivity index (χ3v) is 0. The van der Waals surface area contributed by atoms with Crippen LogP contribution in [0.3, 0.4) is 0 Å². The van der Waals surface area contributed by atoms with Crippen LogP contribution >= 0.6 is 0 Å². The molecular weight excluding hydrogens is 753 g/mol. The van der Waals surface area contributed by atoms with Gasteiger partial charge in [-0.15, -0.1) is 0 Å². The van der Waals surface area contributed by atoms with Crippen LogP contribution in [0.15, 0.2) is 0 Å². The first kappa shape index (κ1) is 31.3. The Morgan fingerprint density at radius 2 is 0.400 bits per heavy atom. The maximum Gasteiger partial charge on any atom is 0 e. The second kappa shape index (κ2) is 22.7. The molecule has 5 heavy (non-hydrogen) atoms. The molecule has 0 aromatic carbocycles. The summed E-state index contributed by atoms with van der Waals surface area (Å²) in [6.07, 6.45) is 0. The van der Waals surface area contributed by atoms with Crippen LogP contribution in [-0.4, -0.2) is 0 Å². The molecular formula is AuLa4. The van der Waals surface area contributed by atoms with Crippen LogP contribution in [0, 0.1) is 142 Å². The molecule has 0 aromatic heterocycles. The van der Waals surface area contributed by atoms with Crippen LogP contribution in [0.5, 0.6) is 0 Å². The monoisotopic (exact) mass is 753 g/mol. The summed E-state index contributed by atoms with van der Waals surface area (Å²) >= 11 is 0. The van der Waals surface area contributed by atoms with E-state index in [-0.39, 0.29) is 165 Å². The maximum atomic E-state index is 0. The van der Waals surface area contributed by atoms with Crippen LogP contribution in [0.1, 0.15) is 0 Å².